The maximum Gasteiger partial charge on any atom is 0.149 e. The minimum absolute atomic E-state index is 0.161. The van der Waals surface area contributed by atoms with E-state index in [2.05, 4.69) is 92.5 Å². The molecular weight excluding hydrogens is 497 g/mol. The van der Waals surface area contributed by atoms with Gasteiger partial charge in [0.15, 0.2) is 0 Å². The number of benzene rings is 1. The van der Waals surface area contributed by atoms with Crippen LogP contribution in [0.5, 0.6) is 0 Å². The zero-order valence-electron chi connectivity index (χ0n) is 5.39. The summed E-state index contributed by atoms with van der Waals surface area (Å²) in [6.07, 6.45) is 0. The first kappa shape index (κ1) is 10.8. The largest absolute Gasteiger partial charge is 0.149 e. The van der Waals surface area contributed by atoms with Gasteiger partial charge in [0, 0.05) is 4.90 Å². The van der Waals surface area contributed by atoms with E-state index >= 15 is 0 Å². The minimum Gasteiger partial charge on any atom is -0.143 e. The third-order valence-corrected chi connectivity index (χ3v) is 3.36. The molecule has 0 aliphatic rings. The number of thiol groups is 1. The van der Waals surface area contributed by atoms with E-state index in [-0.39, 0.29) is -0.565 Å². The zero-order valence-corrected chi connectivity index (χ0v) is 12.8. The van der Waals surface area contributed by atoms with Crippen molar-refractivity contribution in [1.82, 2.24) is 0 Å². The van der Waals surface area contributed by atoms with Crippen LogP contribution in [0, 0.1) is 0 Å². The molecule has 0 aromatic heterocycles. The van der Waals surface area contributed by atoms with Crippen LogP contribution in [0.25, 0.3) is 0 Å². The third kappa shape index (κ3) is 3.55. The van der Waals surface area contributed by atoms with Gasteiger partial charge in [0.05, 0.1) is 0 Å². The highest BCUT2D eigenvalue weighted by atomic mass is 127. The van der Waals surface area contributed by atoms with Gasteiger partial charge in [0.2, 0.25) is 0 Å². The lowest BCUT2D eigenvalue weighted by atomic mass is 10.2. The molecule has 1 aromatic rings. The zero-order chi connectivity index (χ0) is 8.48. The Morgan fingerprint density at radius 1 is 1.00 bits per heavy atom. The van der Waals surface area contributed by atoms with Crippen LogP contribution in [0.4, 0.5) is 0 Å². The highest BCUT2D eigenvalue weighted by Gasteiger charge is 2.19. The summed E-state index contributed by atoms with van der Waals surface area (Å²) >= 11 is 11.4. The molecule has 0 aliphatic heterocycles. The lowest BCUT2D eigenvalue weighted by Crippen LogP contribution is -1.95. The summed E-state index contributed by atoms with van der Waals surface area (Å²) in [5, 5.41) is 0. The van der Waals surface area contributed by atoms with Crippen LogP contribution < -0.4 is 0 Å². The van der Waals surface area contributed by atoms with Crippen LogP contribution in [0.1, 0.15) is 5.56 Å². The van der Waals surface area contributed by atoms with Crippen LogP contribution in [-0.4, -0.2) is 0 Å². The van der Waals surface area contributed by atoms with Gasteiger partial charge in [0.1, 0.15) is -0.565 Å². The van der Waals surface area contributed by atoms with Crippen LogP contribution in [0.2, 0.25) is 0 Å². The van der Waals surface area contributed by atoms with Crippen molar-refractivity contribution in [2.75, 3.05) is 0 Å². The summed E-state index contributed by atoms with van der Waals surface area (Å²) in [7, 11) is 0. The van der Waals surface area contributed by atoms with Crippen LogP contribution >= 0.6 is 80.4 Å². The molecule has 0 aliphatic carbocycles. The van der Waals surface area contributed by atoms with Crippen molar-refractivity contribution in [2.45, 2.75) is 4.33 Å². The molecule has 0 unspecified atom stereocenters. The highest BCUT2D eigenvalue weighted by Crippen LogP contribution is 2.45. The second kappa shape index (κ2) is 4.32. The first-order chi connectivity index (χ1) is 5.00. The van der Waals surface area contributed by atoms with Crippen LogP contribution in [-0.2, 0) is -0.565 Å². The van der Waals surface area contributed by atoms with Crippen molar-refractivity contribution in [2.24, 2.45) is 0 Å². The van der Waals surface area contributed by atoms with Gasteiger partial charge in [-0.25, -0.2) is 0 Å². The van der Waals surface area contributed by atoms with Crippen molar-refractivity contribution >= 4 is 80.4 Å². The fraction of sp³-hybridized carbons (Fsp3) is 0.143. The lowest BCUT2D eigenvalue weighted by molar-refractivity contribution is 1.36. The molecule has 0 bridgehead atoms. The average molecular weight is 502 g/mol. The Hall–Kier alpha value is 1.76. The minimum atomic E-state index is 0.161. The number of rotatable bonds is 1. The van der Waals surface area contributed by atoms with Gasteiger partial charge < -0.3 is 0 Å². The predicted octanol–water partition coefficient (Wildman–Crippen LogP) is 4.39. The molecule has 0 fully saturated rings. The molecule has 60 valence electrons. The van der Waals surface area contributed by atoms with Crippen molar-refractivity contribution in [3.63, 3.8) is 0 Å². The van der Waals surface area contributed by atoms with E-state index in [0.29, 0.717) is 0 Å². The van der Waals surface area contributed by atoms with Gasteiger partial charge >= 0.3 is 0 Å². The highest BCUT2D eigenvalue weighted by molar-refractivity contribution is 14.3. The molecule has 0 spiro atoms. The molecule has 0 amide bonds. The van der Waals surface area contributed by atoms with Crippen molar-refractivity contribution < 1.29 is 0 Å². The predicted molar refractivity (Wildman–Crippen MR) is 77.4 cm³/mol. The van der Waals surface area contributed by atoms with E-state index in [1.807, 2.05) is 12.1 Å². The Labute approximate surface area is 113 Å². The Bertz CT molecular complexity index is 237. The van der Waals surface area contributed by atoms with E-state index in [0.717, 1.165) is 4.90 Å². The molecule has 0 atom stereocenters. The molecule has 1 rings (SSSR count). The molecule has 0 nitrogen and oxygen atoms in total. The number of hydrogen-bond donors (Lipinski definition) is 1. The van der Waals surface area contributed by atoms with Gasteiger partial charge in [-0.2, -0.15) is 0 Å². The Kier molecular flexibility index (Phi) is 4.25. The standard InChI is InChI=1S/C7H5I3S/c8-7(9,10)5-1-3-6(11)4-2-5/h1-4,11H. The molecule has 0 saturated carbocycles. The molecule has 0 saturated heterocycles. The van der Waals surface area contributed by atoms with Gasteiger partial charge in [-0.15, -0.1) is 12.6 Å². The molecule has 0 radical (unpaired) electrons. The molecule has 11 heavy (non-hydrogen) atoms. The van der Waals surface area contributed by atoms with Gasteiger partial charge in [-0.05, 0) is 85.5 Å². The van der Waals surface area contributed by atoms with Crippen molar-refractivity contribution in [3.05, 3.63) is 29.8 Å². The molecule has 1 aromatic carbocycles. The monoisotopic (exact) mass is 502 g/mol. The summed E-state index contributed by atoms with van der Waals surface area (Å²) in [6.45, 7) is 0. The summed E-state index contributed by atoms with van der Waals surface area (Å²) in [6, 6.07) is 8.24. The maximum absolute atomic E-state index is 4.22. The van der Waals surface area contributed by atoms with Gasteiger partial charge in [-0.1, -0.05) is 12.1 Å². The lowest BCUT2D eigenvalue weighted by Gasteiger charge is -2.11. The van der Waals surface area contributed by atoms with Crippen molar-refractivity contribution in [3.8, 4) is 0 Å². The fourth-order valence-electron chi connectivity index (χ4n) is 0.650. The van der Waals surface area contributed by atoms with E-state index in [1.54, 1.807) is 0 Å². The second-order valence-electron chi connectivity index (χ2n) is 2.04. The first-order valence-corrected chi connectivity index (χ1v) is 6.55. The van der Waals surface area contributed by atoms with Gasteiger partial charge in [-0.3, -0.25) is 0 Å². The molecule has 4 heteroatoms. The smallest absolute Gasteiger partial charge is 0.143 e. The summed E-state index contributed by atoms with van der Waals surface area (Å²) in [4.78, 5) is 1.02. The van der Waals surface area contributed by atoms with E-state index in [4.69, 9.17) is 0 Å². The Morgan fingerprint density at radius 3 is 1.82 bits per heavy atom. The molecule has 0 heterocycles. The van der Waals surface area contributed by atoms with E-state index in [1.165, 1.54) is 5.56 Å². The SMILES string of the molecule is Sc1ccc(C(I)(I)I)cc1. The molecular formula is C7H5I3S. The molecule has 0 N–H and O–H groups in total. The maximum atomic E-state index is 4.22. The summed E-state index contributed by atoms with van der Waals surface area (Å²) in [5.41, 5.74) is 1.32. The normalized spacial score (nSPS) is 11.6. The Morgan fingerprint density at radius 2 is 1.45 bits per heavy atom. The van der Waals surface area contributed by atoms with Crippen LogP contribution in [0.3, 0.4) is 0 Å². The van der Waals surface area contributed by atoms with E-state index < -0.39 is 0 Å². The number of hydrogen-bond acceptors (Lipinski definition) is 1. The fourth-order valence-corrected chi connectivity index (χ4v) is 1.88. The van der Waals surface area contributed by atoms with Crippen molar-refractivity contribution in [1.29, 1.82) is 0 Å². The van der Waals surface area contributed by atoms with E-state index in [9.17, 15) is 0 Å². The average Bonchev–Trinajstić information content (AvgIpc) is 1.86. The Balaban J connectivity index is 2.99. The first-order valence-electron chi connectivity index (χ1n) is 2.86. The summed E-state index contributed by atoms with van der Waals surface area (Å²) < 4.78 is 0.161. The summed E-state index contributed by atoms with van der Waals surface area (Å²) in [5.74, 6) is 0. The number of alkyl halides is 3. The van der Waals surface area contributed by atoms with Crippen LogP contribution in [0.15, 0.2) is 29.2 Å². The third-order valence-electron chi connectivity index (χ3n) is 1.19. The second-order valence-corrected chi connectivity index (χ2v) is 13.6. The quantitative estimate of drug-likeness (QED) is 0.329. The van der Waals surface area contributed by atoms with Gasteiger partial charge in [0.25, 0.3) is 0 Å². The topological polar surface area (TPSA) is 0 Å². The number of halogens is 3.